The van der Waals surface area contributed by atoms with Gasteiger partial charge >= 0.3 is 0 Å². The van der Waals surface area contributed by atoms with Crippen molar-refractivity contribution >= 4 is 5.91 Å². The maximum Gasteiger partial charge on any atom is 0.229 e. The quantitative estimate of drug-likeness (QED) is 0.396. The molecule has 1 amide bonds. The van der Waals surface area contributed by atoms with Crippen LogP contribution in [0.4, 0.5) is 0 Å². The van der Waals surface area contributed by atoms with Crippen LogP contribution in [-0.4, -0.2) is 29.7 Å². The topological polar surface area (TPSA) is 29.5 Å². The Morgan fingerprint density at radius 3 is 3.00 bits per heavy atom. The highest BCUT2D eigenvalue weighted by Gasteiger charge is 2.39. The normalized spacial score (nSPS) is 35.6. The summed E-state index contributed by atoms with van der Waals surface area (Å²) < 4.78 is 5.60. The monoisotopic (exact) mass is 167 g/mol. The molecule has 2 aliphatic rings. The fourth-order valence-corrected chi connectivity index (χ4v) is 1.76. The lowest BCUT2D eigenvalue weighted by Gasteiger charge is -2.38. The molecule has 2 aliphatic heterocycles. The second kappa shape index (κ2) is 2.59. The Kier molecular flexibility index (Phi) is 1.68. The van der Waals surface area contributed by atoms with E-state index in [-0.39, 0.29) is 18.2 Å². The highest BCUT2D eigenvalue weighted by molar-refractivity contribution is 5.82. The van der Waals surface area contributed by atoms with Crippen molar-refractivity contribution in [3.63, 3.8) is 0 Å². The fourth-order valence-electron chi connectivity index (χ4n) is 1.76. The average Bonchev–Trinajstić information content (AvgIpc) is 2.09. The van der Waals surface area contributed by atoms with Crippen LogP contribution in [-0.2, 0) is 9.53 Å². The number of hydrogen-bond acceptors (Lipinski definition) is 2. The molecular weight excluding hydrogens is 154 g/mol. The van der Waals surface area contributed by atoms with Crippen LogP contribution in [0.1, 0.15) is 19.8 Å². The van der Waals surface area contributed by atoms with Crippen LogP contribution in [0.2, 0.25) is 0 Å². The average molecular weight is 167 g/mol. The van der Waals surface area contributed by atoms with E-state index in [2.05, 4.69) is 6.58 Å². The van der Waals surface area contributed by atoms with E-state index in [9.17, 15) is 4.79 Å². The first-order valence-corrected chi connectivity index (χ1v) is 4.28. The second-order valence-corrected chi connectivity index (χ2v) is 3.58. The zero-order valence-electron chi connectivity index (χ0n) is 7.25. The Labute approximate surface area is 72.0 Å². The molecule has 66 valence electrons. The van der Waals surface area contributed by atoms with E-state index in [0.29, 0.717) is 13.0 Å². The van der Waals surface area contributed by atoms with Crippen LogP contribution in [0.15, 0.2) is 12.2 Å². The zero-order valence-corrected chi connectivity index (χ0v) is 7.25. The molecule has 0 unspecified atom stereocenters. The van der Waals surface area contributed by atoms with Crippen molar-refractivity contribution in [3.8, 4) is 0 Å². The molecule has 0 saturated carbocycles. The van der Waals surface area contributed by atoms with Crippen LogP contribution in [0.3, 0.4) is 0 Å². The van der Waals surface area contributed by atoms with Gasteiger partial charge in [-0.2, -0.15) is 0 Å². The van der Waals surface area contributed by atoms with E-state index < -0.39 is 0 Å². The molecule has 0 spiro atoms. The molecule has 0 radical (unpaired) electrons. The van der Waals surface area contributed by atoms with E-state index in [1.807, 2.05) is 6.92 Å². The molecule has 2 heterocycles. The molecule has 2 fully saturated rings. The van der Waals surface area contributed by atoms with Gasteiger partial charge in [-0.1, -0.05) is 12.2 Å². The van der Waals surface area contributed by atoms with Crippen molar-refractivity contribution in [2.75, 3.05) is 6.54 Å². The number of carbonyl (C=O) groups excluding carboxylic acids is 1. The SMILES string of the molecule is C=C1C[C@H](C)O[C@@H]2CC(=O)N2C1. The van der Waals surface area contributed by atoms with Gasteiger partial charge in [0.1, 0.15) is 6.23 Å². The predicted molar refractivity (Wildman–Crippen MR) is 44.4 cm³/mol. The molecule has 0 N–H and O–H groups in total. The predicted octanol–water partition coefficient (Wildman–Crippen LogP) is 0.910. The highest BCUT2D eigenvalue weighted by Crippen LogP contribution is 2.28. The minimum atomic E-state index is 0.0340. The maximum atomic E-state index is 11.1. The number of β-lactam (4-membered cyclic amide) rings is 1. The fraction of sp³-hybridized carbons (Fsp3) is 0.667. The number of amides is 1. The molecule has 3 nitrogen and oxygen atoms in total. The molecule has 0 aromatic carbocycles. The van der Waals surface area contributed by atoms with Gasteiger partial charge in [0.2, 0.25) is 5.91 Å². The number of fused-ring (bicyclic) bond motifs is 1. The summed E-state index contributed by atoms with van der Waals surface area (Å²) in [5.74, 6) is 0.190. The standard InChI is InChI=1S/C9H13NO2/c1-6-3-7(2)12-9-4-8(11)10(9)5-6/h7,9H,1,3-5H2,2H3/t7-,9+/m0/s1. The Morgan fingerprint density at radius 1 is 1.58 bits per heavy atom. The zero-order chi connectivity index (χ0) is 8.72. The van der Waals surface area contributed by atoms with Gasteiger partial charge in [-0.3, -0.25) is 4.79 Å². The third-order valence-electron chi connectivity index (χ3n) is 2.38. The van der Waals surface area contributed by atoms with Gasteiger partial charge in [0.25, 0.3) is 0 Å². The largest absolute Gasteiger partial charge is 0.354 e. The maximum absolute atomic E-state index is 11.1. The molecule has 3 heteroatoms. The van der Waals surface area contributed by atoms with Gasteiger partial charge in [-0.15, -0.1) is 0 Å². The highest BCUT2D eigenvalue weighted by atomic mass is 16.5. The molecule has 0 aromatic rings. The number of rotatable bonds is 0. The Morgan fingerprint density at radius 2 is 2.33 bits per heavy atom. The summed E-state index contributed by atoms with van der Waals surface area (Å²) >= 11 is 0. The summed E-state index contributed by atoms with van der Waals surface area (Å²) in [6.07, 6.45) is 1.67. The van der Waals surface area contributed by atoms with Gasteiger partial charge in [0.15, 0.2) is 0 Å². The van der Waals surface area contributed by atoms with Crippen LogP contribution in [0.25, 0.3) is 0 Å². The molecule has 12 heavy (non-hydrogen) atoms. The molecule has 0 aromatic heterocycles. The Bertz CT molecular complexity index is 237. The summed E-state index contributed by atoms with van der Waals surface area (Å²) in [6, 6.07) is 0. The first-order chi connectivity index (χ1) is 5.66. The number of hydrogen-bond donors (Lipinski definition) is 0. The first-order valence-electron chi connectivity index (χ1n) is 4.28. The number of nitrogens with zero attached hydrogens (tertiary/aromatic N) is 1. The Hall–Kier alpha value is -0.830. The second-order valence-electron chi connectivity index (χ2n) is 3.58. The molecule has 2 rings (SSSR count). The molecular formula is C9H13NO2. The van der Waals surface area contributed by atoms with Gasteiger partial charge in [-0.05, 0) is 13.3 Å². The summed E-state index contributed by atoms with van der Waals surface area (Å²) in [6.45, 7) is 6.62. The summed E-state index contributed by atoms with van der Waals surface area (Å²) in [4.78, 5) is 12.8. The van der Waals surface area contributed by atoms with Crippen molar-refractivity contribution < 1.29 is 9.53 Å². The Balaban J connectivity index is 2.09. The number of ether oxygens (including phenoxy) is 1. The summed E-state index contributed by atoms with van der Waals surface area (Å²) in [5, 5.41) is 0. The summed E-state index contributed by atoms with van der Waals surface area (Å²) in [7, 11) is 0. The smallest absolute Gasteiger partial charge is 0.229 e. The van der Waals surface area contributed by atoms with Gasteiger partial charge in [0, 0.05) is 6.54 Å². The van der Waals surface area contributed by atoms with Crippen molar-refractivity contribution in [3.05, 3.63) is 12.2 Å². The van der Waals surface area contributed by atoms with Crippen LogP contribution in [0, 0.1) is 0 Å². The van der Waals surface area contributed by atoms with Crippen LogP contribution >= 0.6 is 0 Å². The van der Waals surface area contributed by atoms with Gasteiger partial charge in [0.05, 0.1) is 12.5 Å². The van der Waals surface area contributed by atoms with E-state index >= 15 is 0 Å². The lowest BCUT2D eigenvalue weighted by molar-refractivity contribution is -0.176. The van der Waals surface area contributed by atoms with Gasteiger partial charge < -0.3 is 9.64 Å². The molecule has 2 saturated heterocycles. The van der Waals surface area contributed by atoms with Crippen LogP contribution in [0.5, 0.6) is 0 Å². The van der Waals surface area contributed by atoms with Crippen molar-refractivity contribution in [1.29, 1.82) is 0 Å². The minimum Gasteiger partial charge on any atom is -0.354 e. The summed E-state index contributed by atoms with van der Waals surface area (Å²) in [5.41, 5.74) is 1.10. The minimum absolute atomic E-state index is 0.0340. The van der Waals surface area contributed by atoms with Crippen molar-refractivity contribution in [1.82, 2.24) is 4.90 Å². The van der Waals surface area contributed by atoms with Crippen LogP contribution < -0.4 is 0 Å². The third kappa shape index (κ3) is 1.14. The molecule has 2 atom stereocenters. The molecule has 0 aliphatic carbocycles. The first kappa shape index (κ1) is 7.80. The third-order valence-corrected chi connectivity index (χ3v) is 2.38. The lowest BCUT2D eigenvalue weighted by atomic mass is 10.1. The molecule has 0 bridgehead atoms. The van der Waals surface area contributed by atoms with E-state index in [4.69, 9.17) is 4.74 Å². The van der Waals surface area contributed by atoms with Gasteiger partial charge in [-0.25, -0.2) is 0 Å². The van der Waals surface area contributed by atoms with E-state index in [1.54, 1.807) is 4.90 Å². The van der Waals surface area contributed by atoms with E-state index in [0.717, 1.165) is 12.0 Å². The van der Waals surface area contributed by atoms with Crippen molar-refractivity contribution in [2.24, 2.45) is 0 Å². The lowest BCUT2D eigenvalue weighted by Crippen LogP contribution is -2.53. The van der Waals surface area contributed by atoms with E-state index in [1.165, 1.54) is 0 Å². The number of carbonyl (C=O) groups is 1. The van der Waals surface area contributed by atoms with Crippen molar-refractivity contribution in [2.45, 2.75) is 32.1 Å².